The van der Waals surface area contributed by atoms with E-state index in [1.807, 2.05) is 0 Å². The molecule has 21 heavy (non-hydrogen) atoms. The minimum absolute atomic E-state index is 0.0253. The van der Waals surface area contributed by atoms with Crippen molar-refractivity contribution < 1.29 is 14.5 Å². The molecule has 1 aromatic carbocycles. The van der Waals surface area contributed by atoms with Crippen molar-refractivity contribution in [3.63, 3.8) is 0 Å². The summed E-state index contributed by atoms with van der Waals surface area (Å²) >= 11 is 0. The van der Waals surface area contributed by atoms with Crippen LogP contribution in [0.3, 0.4) is 0 Å². The molecule has 0 spiro atoms. The van der Waals surface area contributed by atoms with Gasteiger partial charge < -0.3 is 15.8 Å². The normalized spacial score (nSPS) is 18.4. The van der Waals surface area contributed by atoms with E-state index in [1.165, 1.54) is 13.2 Å². The van der Waals surface area contributed by atoms with Gasteiger partial charge in [-0.1, -0.05) is 12.1 Å². The minimum Gasteiger partial charge on any atom is -0.453 e. The summed E-state index contributed by atoms with van der Waals surface area (Å²) < 4.78 is 4.56. The van der Waals surface area contributed by atoms with Crippen molar-refractivity contribution in [3.8, 4) is 0 Å². The number of ether oxygens (including phenoxy) is 1. The number of nitrogens with two attached hydrogens (primary N) is 1. The predicted molar refractivity (Wildman–Crippen MR) is 76.7 cm³/mol. The summed E-state index contributed by atoms with van der Waals surface area (Å²) in [6, 6.07) is 4.83. The van der Waals surface area contributed by atoms with Crippen molar-refractivity contribution in [1.82, 2.24) is 10.2 Å². The number of hydrogen-bond donors (Lipinski definition) is 2. The third-order valence-electron chi connectivity index (χ3n) is 3.54. The first-order chi connectivity index (χ1) is 10.0. The van der Waals surface area contributed by atoms with E-state index in [2.05, 4.69) is 15.0 Å². The summed E-state index contributed by atoms with van der Waals surface area (Å²) in [4.78, 5) is 23.6. The van der Waals surface area contributed by atoms with Crippen molar-refractivity contribution >= 4 is 17.5 Å². The fourth-order valence-corrected chi connectivity index (χ4v) is 2.46. The number of carbonyl (C=O) groups excluding carboxylic acids is 1. The topological polar surface area (TPSA) is 111 Å². The monoisotopic (exact) mass is 294 g/mol. The Morgan fingerprint density at radius 1 is 1.62 bits per heavy atom. The van der Waals surface area contributed by atoms with Gasteiger partial charge in [-0.25, -0.2) is 4.79 Å². The van der Waals surface area contributed by atoms with E-state index >= 15 is 0 Å². The molecule has 1 unspecified atom stereocenters. The van der Waals surface area contributed by atoms with Crippen molar-refractivity contribution in [2.24, 2.45) is 0 Å². The Bertz CT molecular complexity index is 549. The third kappa shape index (κ3) is 3.60. The first-order valence-electron chi connectivity index (χ1n) is 6.60. The minimum atomic E-state index is -0.482. The van der Waals surface area contributed by atoms with Crippen molar-refractivity contribution in [2.45, 2.75) is 19.0 Å². The molecule has 1 aromatic rings. The average molecular weight is 294 g/mol. The van der Waals surface area contributed by atoms with Crippen molar-refractivity contribution in [2.75, 3.05) is 25.9 Å². The van der Waals surface area contributed by atoms with Gasteiger partial charge in [-0.2, -0.15) is 0 Å². The van der Waals surface area contributed by atoms with E-state index in [-0.39, 0.29) is 17.4 Å². The summed E-state index contributed by atoms with van der Waals surface area (Å²) in [7, 11) is 1.33. The van der Waals surface area contributed by atoms with Crippen molar-refractivity contribution in [1.29, 1.82) is 0 Å². The van der Waals surface area contributed by atoms with Crippen LogP contribution >= 0.6 is 0 Å². The predicted octanol–water partition coefficient (Wildman–Crippen LogP) is 1.11. The molecular weight excluding hydrogens is 276 g/mol. The number of methoxy groups -OCH3 is 1. The summed E-state index contributed by atoms with van der Waals surface area (Å²) in [6.45, 7) is 1.97. The van der Waals surface area contributed by atoms with E-state index in [9.17, 15) is 14.9 Å². The van der Waals surface area contributed by atoms with Gasteiger partial charge in [0.1, 0.15) is 5.69 Å². The second-order valence-corrected chi connectivity index (χ2v) is 4.96. The lowest BCUT2D eigenvalue weighted by Crippen LogP contribution is -2.36. The number of para-hydroxylation sites is 1. The number of amides is 1. The van der Waals surface area contributed by atoms with Gasteiger partial charge in [0, 0.05) is 31.7 Å². The van der Waals surface area contributed by atoms with E-state index < -0.39 is 11.0 Å². The zero-order valence-electron chi connectivity index (χ0n) is 11.7. The molecule has 1 saturated heterocycles. The number of nitrogens with zero attached hydrogens (tertiary/aromatic N) is 2. The smallest absolute Gasteiger partial charge is 0.407 e. The molecule has 0 aliphatic carbocycles. The Morgan fingerprint density at radius 2 is 2.38 bits per heavy atom. The van der Waals surface area contributed by atoms with Crippen LogP contribution in [0.1, 0.15) is 12.0 Å². The highest BCUT2D eigenvalue weighted by Crippen LogP contribution is 2.26. The summed E-state index contributed by atoms with van der Waals surface area (Å²) in [5, 5.41) is 13.6. The zero-order valence-corrected chi connectivity index (χ0v) is 11.7. The van der Waals surface area contributed by atoms with Gasteiger partial charge in [0.2, 0.25) is 0 Å². The fraction of sp³-hybridized carbons (Fsp3) is 0.462. The molecule has 1 aliphatic rings. The van der Waals surface area contributed by atoms with E-state index in [1.54, 1.807) is 12.1 Å². The molecule has 3 N–H and O–H groups in total. The Hall–Kier alpha value is -2.35. The van der Waals surface area contributed by atoms with Gasteiger partial charge in [0.25, 0.3) is 5.69 Å². The van der Waals surface area contributed by atoms with Crippen LogP contribution in [0.2, 0.25) is 0 Å². The number of nitrogens with one attached hydrogen (secondary N) is 1. The van der Waals surface area contributed by atoms with Gasteiger partial charge in [-0.3, -0.25) is 15.0 Å². The fourth-order valence-electron chi connectivity index (χ4n) is 2.46. The van der Waals surface area contributed by atoms with Gasteiger partial charge in [0.05, 0.1) is 12.0 Å². The maximum atomic E-state index is 11.2. The average Bonchev–Trinajstić information content (AvgIpc) is 2.88. The number of nitrogen functional groups attached to an aromatic ring is 1. The highest BCUT2D eigenvalue weighted by molar-refractivity contribution is 5.67. The van der Waals surface area contributed by atoms with Crippen molar-refractivity contribution in [3.05, 3.63) is 33.9 Å². The van der Waals surface area contributed by atoms with Gasteiger partial charge in [-0.15, -0.1) is 0 Å². The molecule has 8 nitrogen and oxygen atoms in total. The molecule has 1 atom stereocenters. The van der Waals surface area contributed by atoms with E-state index in [4.69, 9.17) is 5.73 Å². The largest absolute Gasteiger partial charge is 0.453 e. The Kier molecular flexibility index (Phi) is 4.59. The molecular formula is C13H18N4O4. The Morgan fingerprint density at radius 3 is 3.05 bits per heavy atom. The number of likely N-dealkylation sites (tertiary alicyclic amines) is 1. The number of carbonyl (C=O) groups is 1. The van der Waals surface area contributed by atoms with Crippen LogP contribution in [0.25, 0.3) is 0 Å². The third-order valence-corrected chi connectivity index (χ3v) is 3.54. The molecule has 0 saturated carbocycles. The maximum Gasteiger partial charge on any atom is 0.407 e. The Labute approximate surface area is 122 Å². The maximum absolute atomic E-state index is 11.2. The lowest BCUT2D eigenvalue weighted by atomic mass is 10.1. The zero-order chi connectivity index (χ0) is 15.4. The molecule has 0 aromatic heterocycles. The second kappa shape index (κ2) is 6.40. The van der Waals surface area contributed by atoms with Gasteiger partial charge >= 0.3 is 6.09 Å². The number of nitro groups is 1. The van der Waals surface area contributed by atoms with Crippen LogP contribution in [-0.4, -0.2) is 42.2 Å². The van der Waals surface area contributed by atoms with Crippen LogP contribution in [0.15, 0.2) is 18.2 Å². The number of nitro benzene ring substituents is 1. The molecule has 2 rings (SSSR count). The second-order valence-electron chi connectivity index (χ2n) is 4.96. The number of benzene rings is 1. The van der Waals surface area contributed by atoms with Gasteiger partial charge in [0.15, 0.2) is 0 Å². The summed E-state index contributed by atoms with van der Waals surface area (Å²) in [6.07, 6.45) is 0.362. The summed E-state index contributed by atoms with van der Waals surface area (Å²) in [5.41, 5.74) is 6.69. The van der Waals surface area contributed by atoms with Gasteiger partial charge in [-0.05, 0) is 12.0 Å². The number of anilines is 1. The molecule has 1 heterocycles. The van der Waals surface area contributed by atoms with Crippen LogP contribution in [0.4, 0.5) is 16.2 Å². The number of rotatable bonds is 4. The van der Waals surface area contributed by atoms with E-state index in [0.29, 0.717) is 13.1 Å². The summed E-state index contributed by atoms with van der Waals surface area (Å²) in [5.74, 6) is 0. The first kappa shape index (κ1) is 15.0. The van der Waals surface area contributed by atoms with Crippen LogP contribution in [0.5, 0.6) is 0 Å². The standard InChI is InChI=1S/C13H18N4O4/c1-21-13(18)15-10-5-6-16(8-10)7-9-3-2-4-11(12(9)14)17(19)20/h2-4,10H,5-8,14H2,1H3,(H,15,18). The highest BCUT2D eigenvalue weighted by atomic mass is 16.6. The molecule has 1 amide bonds. The lowest BCUT2D eigenvalue weighted by Gasteiger charge is -2.17. The highest BCUT2D eigenvalue weighted by Gasteiger charge is 2.25. The van der Waals surface area contributed by atoms with Crippen LogP contribution in [0, 0.1) is 10.1 Å². The molecule has 114 valence electrons. The van der Waals surface area contributed by atoms with Crippen LogP contribution in [-0.2, 0) is 11.3 Å². The molecule has 1 fully saturated rings. The number of alkyl carbamates (subject to hydrolysis) is 1. The molecule has 0 radical (unpaired) electrons. The first-order valence-corrected chi connectivity index (χ1v) is 6.60. The molecule has 1 aliphatic heterocycles. The SMILES string of the molecule is COC(=O)NC1CCN(Cc2cccc([N+](=O)[O-])c2N)C1. The van der Waals surface area contributed by atoms with E-state index in [0.717, 1.165) is 18.5 Å². The molecule has 8 heteroatoms. The number of hydrogen-bond acceptors (Lipinski definition) is 6. The lowest BCUT2D eigenvalue weighted by molar-refractivity contribution is -0.384. The molecule has 0 bridgehead atoms. The van der Waals surface area contributed by atoms with Crippen LogP contribution < -0.4 is 11.1 Å². The quantitative estimate of drug-likeness (QED) is 0.489. The Balaban J connectivity index is 1.99.